The maximum atomic E-state index is 13.3. The number of aromatic nitrogens is 2. The predicted molar refractivity (Wildman–Crippen MR) is 114 cm³/mol. The van der Waals surface area contributed by atoms with Crippen LogP contribution in [-0.4, -0.2) is 28.3 Å². The molecule has 7 nitrogen and oxygen atoms in total. The summed E-state index contributed by atoms with van der Waals surface area (Å²) in [6.07, 6.45) is 2.03. The summed E-state index contributed by atoms with van der Waals surface area (Å²) in [5.74, 6) is -0.771. The minimum Gasteiger partial charge on any atom is -0.461 e. The van der Waals surface area contributed by atoms with Gasteiger partial charge in [0.2, 0.25) is 5.91 Å². The second-order valence-corrected chi connectivity index (χ2v) is 7.51. The number of ether oxygens (including phenoxy) is 1. The molecule has 0 aliphatic heterocycles. The second kappa shape index (κ2) is 9.00. The number of rotatable bonds is 7. The molecule has 0 fully saturated rings. The molecule has 8 heteroatoms. The van der Waals surface area contributed by atoms with E-state index in [1.165, 1.54) is 16.0 Å². The molecule has 0 aliphatic rings. The van der Waals surface area contributed by atoms with Crippen molar-refractivity contribution >= 4 is 39.0 Å². The Hall–Kier alpha value is -3.00. The zero-order chi connectivity index (χ0) is 21.0. The Bertz CT molecular complexity index is 1120. The van der Waals surface area contributed by atoms with Crippen LogP contribution >= 0.6 is 11.3 Å². The van der Waals surface area contributed by atoms with E-state index in [0.29, 0.717) is 22.5 Å². The fraction of sp³-hybridized carbons (Fsp3) is 0.333. The highest BCUT2D eigenvalue weighted by Gasteiger charge is 2.23. The van der Waals surface area contributed by atoms with Crippen LogP contribution in [0.2, 0.25) is 0 Å². The summed E-state index contributed by atoms with van der Waals surface area (Å²) in [5, 5.41) is 9.83. The third-order valence-corrected chi connectivity index (χ3v) is 5.27. The largest absolute Gasteiger partial charge is 0.461 e. The Labute approximate surface area is 172 Å². The highest BCUT2D eigenvalue weighted by Crippen LogP contribution is 2.31. The highest BCUT2D eigenvalue weighted by atomic mass is 32.1. The van der Waals surface area contributed by atoms with E-state index in [9.17, 15) is 14.4 Å². The van der Waals surface area contributed by atoms with Crippen molar-refractivity contribution in [1.82, 2.24) is 9.78 Å². The number of unbranched alkanes of at least 4 members (excludes halogenated alkanes) is 1. The molecule has 3 rings (SSSR count). The van der Waals surface area contributed by atoms with Gasteiger partial charge in [-0.15, -0.1) is 11.3 Å². The summed E-state index contributed by atoms with van der Waals surface area (Å²) >= 11 is 1.20. The molecule has 0 aliphatic carbocycles. The van der Waals surface area contributed by atoms with Crippen molar-refractivity contribution in [3.8, 4) is 5.69 Å². The van der Waals surface area contributed by atoms with E-state index >= 15 is 0 Å². The number of fused-ring (bicyclic) bond motifs is 1. The molecule has 0 unspecified atom stereocenters. The van der Waals surface area contributed by atoms with Gasteiger partial charge >= 0.3 is 5.97 Å². The van der Waals surface area contributed by atoms with Crippen molar-refractivity contribution in [2.45, 2.75) is 40.0 Å². The van der Waals surface area contributed by atoms with Gasteiger partial charge in [-0.05, 0) is 38.0 Å². The molecule has 0 radical (unpaired) electrons. The molecule has 0 saturated carbocycles. The SMILES string of the molecule is CCCCC(=O)Nc1scc2c(C(=O)OCC)nn(-c3cccc(C)c3)c(=O)c12. The average Bonchev–Trinajstić information content (AvgIpc) is 3.11. The van der Waals surface area contributed by atoms with Gasteiger partial charge in [0.25, 0.3) is 5.56 Å². The van der Waals surface area contributed by atoms with Gasteiger partial charge in [0.15, 0.2) is 5.69 Å². The molecular weight excluding hydrogens is 390 g/mol. The summed E-state index contributed by atoms with van der Waals surface area (Å²) in [6.45, 7) is 5.81. The van der Waals surface area contributed by atoms with Gasteiger partial charge in [-0.3, -0.25) is 9.59 Å². The lowest BCUT2D eigenvalue weighted by Gasteiger charge is -2.10. The van der Waals surface area contributed by atoms with E-state index in [1.54, 1.807) is 24.4 Å². The number of anilines is 1. The van der Waals surface area contributed by atoms with E-state index in [2.05, 4.69) is 10.4 Å². The van der Waals surface area contributed by atoms with Crippen LogP contribution in [0.3, 0.4) is 0 Å². The molecule has 0 spiro atoms. The molecule has 0 bridgehead atoms. The first kappa shape index (κ1) is 20.7. The molecule has 1 N–H and O–H groups in total. The van der Waals surface area contributed by atoms with Gasteiger partial charge in [-0.2, -0.15) is 9.78 Å². The summed E-state index contributed by atoms with van der Waals surface area (Å²) in [6, 6.07) is 7.27. The fourth-order valence-electron chi connectivity index (χ4n) is 2.95. The Kier molecular flexibility index (Phi) is 6.43. The van der Waals surface area contributed by atoms with Crippen LogP contribution in [0.5, 0.6) is 0 Å². The number of aryl methyl sites for hydroxylation is 1. The van der Waals surface area contributed by atoms with Crippen molar-refractivity contribution in [2.75, 3.05) is 11.9 Å². The Balaban J connectivity index is 2.20. The Morgan fingerprint density at radius 2 is 2.07 bits per heavy atom. The number of amides is 1. The maximum Gasteiger partial charge on any atom is 0.359 e. The molecule has 2 heterocycles. The van der Waals surface area contributed by atoms with Crippen molar-refractivity contribution in [3.05, 3.63) is 51.3 Å². The van der Waals surface area contributed by atoms with Crippen molar-refractivity contribution in [1.29, 1.82) is 0 Å². The van der Waals surface area contributed by atoms with E-state index in [1.807, 2.05) is 26.0 Å². The number of carbonyl (C=O) groups is 2. The topological polar surface area (TPSA) is 90.3 Å². The first-order valence-corrected chi connectivity index (χ1v) is 10.4. The van der Waals surface area contributed by atoms with Crippen LogP contribution in [0, 0.1) is 6.92 Å². The highest BCUT2D eigenvalue weighted by molar-refractivity contribution is 7.16. The Morgan fingerprint density at radius 3 is 2.76 bits per heavy atom. The van der Waals surface area contributed by atoms with E-state index in [-0.39, 0.29) is 23.6 Å². The van der Waals surface area contributed by atoms with Crippen molar-refractivity contribution in [3.63, 3.8) is 0 Å². The Morgan fingerprint density at radius 1 is 1.28 bits per heavy atom. The normalized spacial score (nSPS) is 10.9. The number of hydrogen-bond donors (Lipinski definition) is 1. The first-order chi connectivity index (χ1) is 14.0. The van der Waals surface area contributed by atoms with Gasteiger partial charge in [-0.25, -0.2) is 4.79 Å². The van der Waals surface area contributed by atoms with Crippen LogP contribution < -0.4 is 10.9 Å². The van der Waals surface area contributed by atoms with Gasteiger partial charge in [0.05, 0.1) is 17.7 Å². The summed E-state index contributed by atoms with van der Waals surface area (Å²) in [5.41, 5.74) is 1.14. The molecule has 29 heavy (non-hydrogen) atoms. The zero-order valence-electron chi connectivity index (χ0n) is 16.7. The van der Waals surface area contributed by atoms with E-state index < -0.39 is 11.5 Å². The van der Waals surface area contributed by atoms with Gasteiger partial charge < -0.3 is 10.1 Å². The number of carbonyl (C=O) groups excluding carboxylic acids is 2. The standard InChI is InChI=1S/C21H23N3O4S/c1-4-6-10-16(25)22-19-17-15(12-29-19)18(21(27)28-5-2)23-24(20(17)26)14-9-7-8-13(3)11-14/h7-9,11-12H,4-6,10H2,1-3H3,(H,22,25). The lowest BCUT2D eigenvalue weighted by Crippen LogP contribution is -2.25. The quantitative estimate of drug-likeness (QED) is 0.590. The predicted octanol–water partition coefficient (Wildman–Crippen LogP) is 4.06. The molecule has 1 amide bonds. The fourth-order valence-corrected chi connectivity index (χ4v) is 3.91. The molecule has 0 atom stereocenters. The smallest absolute Gasteiger partial charge is 0.359 e. The van der Waals surface area contributed by atoms with Gasteiger partial charge in [-0.1, -0.05) is 25.5 Å². The molecule has 3 aromatic rings. The third kappa shape index (κ3) is 4.37. The molecule has 1 aromatic carbocycles. The van der Waals surface area contributed by atoms with Gasteiger partial charge in [0, 0.05) is 17.2 Å². The van der Waals surface area contributed by atoms with Crippen LogP contribution in [0.25, 0.3) is 16.5 Å². The lowest BCUT2D eigenvalue weighted by molar-refractivity contribution is -0.116. The average molecular weight is 413 g/mol. The maximum absolute atomic E-state index is 13.3. The van der Waals surface area contributed by atoms with Gasteiger partial charge in [0.1, 0.15) is 5.00 Å². The van der Waals surface area contributed by atoms with E-state index in [4.69, 9.17) is 4.74 Å². The summed E-state index contributed by atoms with van der Waals surface area (Å²) in [7, 11) is 0. The minimum atomic E-state index is -0.611. The zero-order valence-corrected chi connectivity index (χ0v) is 17.5. The monoisotopic (exact) mass is 413 g/mol. The lowest BCUT2D eigenvalue weighted by atomic mass is 10.2. The summed E-state index contributed by atoms with van der Waals surface area (Å²) in [4.78, 5) is 38.0. The number of hydrogen-bond acceptors (Lipinski definition) is 6. The van der Waals surface area contributed by atoms with Crippen LogP contribution in [0.1, 0.15) is 49.2 Å². The molecule has 2 aromatic heterocycles. The number of esters is 1. The molecule has 0 saturated heterocycles. The van der Waals surface area contributed by atoms with Crippen molar-refractivity contribution in [2.24, 2.45) is 0 Å². The number of benzene rings is 1. The molecular formula is C21H23N3O4S. The minimum absolute atomic E-state index is 0.0493. The number of nitrogens with zero attached hydrogens (tertiary/aromatic N) is 2. The van der Waals surface area contributed by atoms with Crippen LogP contribution in [0.15, 0.2) is 34.4 Å². The number of thiophene rings is 1. The van der Waals surface area contributed by atoms with E-state index in [0.717, 1.165) is 18.4 Å². The van der Waals surface area contributed by atoms with Crippen LogP contribution in [-0.2, 0) is 9.53 Å². The first-order valence-electron chi connectivity index (χ1n) is 9.54. The molecule has 152 valence electrons. The van der Waals surface area contributed by atoms with Crippen molar-refractivity contribution < 1.29 is 14.3 Å². The number of nitrogens with one attached hydrogen (secondary N) is 1. The summed E-state index contributed by atoms with van der Waals surface area (Å²) < 4.78 is 6.32. The third-order valence-electron chi connectivity index (χ3n) is 4.38. The second-order valence-electron chi connectivity index (χ2n) is 6.63. The van der Waals surface area contributed by atoms with Crippen LogP contribution in [0.4, 0.5) is 5.00 Å².